The molecule has 1 aliphatic rings. The Morgan fingerprint density at radius 3 is 2.55 bits per heavy atom. The van der Waals surface area contributed by atoms with E-state index >= 15 is 0 Å². The molecule has 0 amide bonds. The van der Waals surface area contributed by atoms with E-state index in [0.717, 1.165) is 0 Å². The summed E-state index contributed by atoms with van der Waals surface area (Å²) in [6.45, 7) is 6.74. The number of pyridine rings is 1. The number of carboxylic acids is 1. The van der Waals surface area contributed by atoms with Gasteiger partial charge in [0.2, 0.25) is 0 Å². The molecule has 1 aromatic heterocycles. The molecule has 1 aromatic rings. The molecule has 22 heavy (non-hydrogen) atoms. The Bertz CT molecular complexity index is 626. The van der Waals surface area contributed by atoms with Gasteiger partial charge in [0.1, 0.15) is 11.0 Å². The van der Waals surface area contributed by atoms with E-state index in [2.05, 4.69) is 49.8 Å². The number of aromatic carboxylic acids is 1. The van der Waals surface area contributed by atoms with Crippen LogP contribution in [0.3, 0.4) is 0 Å². The van der Waals surface area contributed by atoms with Crippen molar-refractivity contribution in [3.05, 3.63) is 35.1 Å². The third-order valence-electron chi connectivity index (χ3n) is 4.20. The minimum atomic E-state index is -1.08. The molecule has 1 unspecified atom stereocenters. The van der Waals surface area contributed by atoms with Gasteiger partial charge in [0.15, 0.2) is 0 Å². The Hall–Kier alpha value is -1.24. The summed E-state index contributed by atoms with van der Waals surface area (Å²) in [6.07, 6.45) is 8.64. The second-order valence-corrected chi connectivity index (χ2v) is 11.5. The number of nitrogens with zero attached hydrogens (tertiary/aromatic N) is 2. The van der Waals surface area contributed by atoms with Gasteiger partial charge in [-0.1, -0.05) is 32.4 Å². The van der Waals surface area contributed by atoms with Crippen LogP contribution in [-0.4, -0.2) is 38.7 Å². The van der Waals surface area contributed by atoms with Crippen molar-refractivity contribution in [2.45, 2.75) is 30.9 Å². The normalized spacial score (nSPS) is 19.5. The Labute approximate surface area is 137 Å². The molecule has 7 heteroatoms. The van der Waals surface area contributed by atoms with Crippen LogP contribution in [0.4, 0.5) is 5.82 Å². The smallest absolute Gasteiger partial charge is 0.338 e. The van der Waals surface area contributed by atoms with Crippen molar-refractivity contribution in [3.63, 3.8) is 0 Å². The molecule has 2 N–H and O–H groups in total. The maximum atomic E-state index is 11.0. The lowest BCUT2D eigenvalue weighted by Gasteiger charge is -2.48. The Balaban J connectivity index is 2.20. The summed E-state index contributed by atoms with van der Waals surface area (Å²) in [4.78, 5) is 15.1. The average molecular weight is 344 g/mol. The minimum absolute atomic E-state index is 0.00536. The zero-order chi connectivity index (χ0) is 16.7. The number of anilines is 1. The van der Waals surface area contributed by atoms with Gasteiger partial charge in [-0.15, -0.1) is 0 Å². The summed E-state index contributed by atoms with van der Waals surface area (Å²) in [5.41, 5.74) is 3.43. The number of hydrazine groups is 1. The molecule has 0 aromatic carbocycles. The molecule has 2 heterocycles. The molecule has 122 valence electrons. The highest BCUT2D eigenvalue weighted by Gasteiger charge is 2.37. The molecule has 0 fully saturated rings. The van der Waals surface area contributed by atoms with E-state index < -0.39 is 16.0 Å². The highest BCUT2D eigenvalue weighted by atomic mass is 35.5. The van der Waals surface area contributed by atoms with Gasteiger partial charge in [-0.2, -0.15) is 0 Å². The third kappa shape index (κ3) is 3.09. The number of hydrogen-bond donors (Lipinski definition) is 2. The monoisotopic (exact) mass is 343 g/mol. The number of carboxylic acid groups (broad SMARTS) is 1. The predicted molar refractivity (Wildman–Crippen MR) is 93.9 cm³/mol. The van der Waals surface area contributed by atoms with Crippen molar-refractivity contribution in [3.8, 4) is 0 Å². The van der Waals surface area contributed by atoms with E-state index in [4.69, 9.17) is 16.7 Å². The highest BCUT2D eigenvalue weighted by molar-refractivity contribution is 8.34. The van der Waals surface area contributed by atoms with Crippen LogP contribution in [0.25, 0.3) is 0 Å². The molecule has 0 aliphatic carbocycles. The lowest BCUT2D eigenvalue weighted by atomic mass is 10.3. The summed E-state index contributed by atoms with van der Waals surface area (Å²) in [7, 11) is -0.943. The van der Waals surface area contributed by atoms with Crippen LogP contribution in [0.2, 0.25) is 5.15 Å². The Kier molecular flexibility index (Phi) is 4.48. The van der Waals surface area contributed by atoms with Crippen LogP contribution in [0, 0.1) is 0 Å². The van der Waals surface area contributed by atoms with Gasteiger partial charge in [0.25, 0.3) is 0 Å². The van der Waals surface area contributed by atoms with Crippen LogP contribution in [-0.2, 0) is 0 Å². The van der Waals surface area contributed by atoms with Crippen molar-refractivity contribution >= 4 is 33.4 Å². The summed E-state index contributed by atoms with van der Waals surface area (Å²) in [5.74, 6) is -0.497. The lowest BCUT2D eigenvalue weighted by Crippen LogP contribution is -2.43. The van der Waals surface area contributed by atoms with Crippen LogP contribution in [0.1, 0.15) is 31.1 Å². The van der Waals surface area contributed by atoms with Gasteiger partial charge in [-0.05, 0) is 35.5 Å². The first-order valence-electron chi connectivity index (χ1n) is 6.89. The van der Waals surface area contributed by atoms with E-state index in [1.165, 1.54) is 6.07 Å². The van der Waals surface area contributed by atoms with Crippen LogP contribution < -0.4 is 10.4 Å². The fourth-order valence-electron chi connectivity index (χ4n) is 1.96. The van der Waals surface area contributed by atoms with Gasteiger partial charge in [0, 0.05) is 6.20 Å². The Morgan fingerprint density at radius 1 is 1.41 bits per heavy atom. The van der Waals surface area contributed by atoms with E-state index in [1.807, 2.05) is 6.20 Å². The van der Waals surface area contributed by atoms with E-state index in [0.29, 0.717) is 5.82 Å². The molecule has 0 spiro atoms. The SMILES string of the molecule is CC(C)(C)S(C)(C)C1C=CN(c2ccc(C(=O)O)c(Cl)n2)N1. The first kappa shape index (κ1) is 17.1. The largest absolute Gasteiger partial charge is 0.478 e. The molecule has 2 rings (SSSR count). The molecule has 5 nitrogen and oxygen atoms in total. The zero-order valence-corrected chi connectivity index (χ0v) is 15.0. The number of nitrogens with one attached hydrogen (secondary N) is 1. The van der Waals surface area contributed by atoms with Crippen molar-refractivity contribution in [1.82, 2.24) is 10.4 Å². The van der Waals surface area contributed by atoms with Crippen molar-refractivity contribution < 1.29 is 9.90 Å². The number of aromatic nitrogens is 1. The quantitative estimate of drug-likeness (QED) is 0.823. The topological polar surface area (TPSA) is 65.5 Å². The molecular formula is C15H22ClN3O2S. The number of rotatable bonds is 3. The van der Waals surface area contributed by atoms with Gasteiger partial charge in [0.05, 0.1) is 10.9 Å². The maximum absolute atomic E-state index is 11.0. The van der Waals surface area contributed by atoms with E-state index in [-0.39, 0.29) is 20.8 Å². The fourth-order valence-corrected chi connectivity index (χ4v) is 3.79. The summed E-state index contributed by atoms with van der Waals surface area (Å²) < 4.78 is 0.198. The summed E-state index contributed by atoms with van der Waals surface area (Å²) in [6, 6.07) is 3.12. The third-order valence-corrected chi connectivity index (χ3v) is 9.18. The summed E-state index contributed by atoms with van der Waals surface area (Å²) in [5, 5.41) is 11.0. The van der Waals surface area contributed by atoms with Crippen molar-refractivity contribution in [2.24, 2.45) is 0 Å². The average Bonchev–Trinajstić information content (AvgIpc) is 2.86. The zero-order valence-electron chi connectivity index (χ0n) is 13.4. The number of hydrogen-bond acceptors (Lipinski definition) is 4. The molecule has 1 atom stereocenters. The first-order valence-corrected chi connectivity index (χ1v) is 9.78. The summed E-state index contributed by atoms with van der Waals surface area (Å²) >= 11 is 5.94. The highest BCUT2D eigenvalue weighted by Crippen LogP contribution is 2.57. The van der Waals surface area contributed by atoms with Gasteiger partial charge in [-0.3, -0.25) is 5.01 Å². The molecule has 0 saturated carbocycles. The molecule has 0 bridgehead atoms. The second-order valence-electron chi connectivity index (χ2n) is 6.59. The van der Waals surface area contributed by atoms with Crippen molar-refractivity contribution in [1.29, 1.82) is 0 Å². The predicted octanol–water partition coefficient (Wildman–Crippen LogP) is 3.46. The van der Waals surface area contributed by atoms with Gasteiger partial charge < -0.3 is 5.11 Å². The van der Waals surface area contributed by atoms with E-state index in [9.17, 15) is 4.79 Å². The Morgan fingerprint density at radius 2 is 2.05 bits per heavy atom. The van der Waals surface area contributed by atoms with Crippen LogP contribution in [0.15, 0.2) is 24.4 Å². The van der Waals surface area contributed by atoms with Gasteiger partial charge >= 0.3 is 5.97 Å². The molecular weight excluding hydrogens is 322 g/mol. The number of carbonyl (C=O) groups is 1. The van der Waals surface area contributed by atoms with E-state index in [1.54, 1.807) is 11.1 Å². The van der Waals surface area contributed by atoms with Crippen molar-refractivity contribution in [2.75, 3.05) is 17.5 Å². The minimum Gasteiger partial charge on any atom is -0.478 e. The maximum Gasteiger partial charge on any atom is 0.338 e. The fraction of sp³-hybridized carbons (Fsp3) is 0.467. The lowest BCUT2D eigenvalue weighted by molar-refractivity contribution is 0.0696. The standard InChI is InChI=1S/C15H22ClN3O2S/c1-15(2,3)22(4,5)12-8-9-19(18-12)11-7-6-10(14(20)21)13(16)17-11/h6-9,12,18H,1-5H3,(H,20,21). The molecule has 0 saturated heterocycles. The number of halogens is 1. The van der Waals surface area contributed by atoms with Crippen LogP contribution in [0.5, 0.6) is 0 Å². The second kappa shape index (κ2) is 5.76. The first-order chi connectivity index (χ1) is 10.0. The molecule has 1 aliphatic heterocycles. The van der Waals surface area contributed by atoms with Crippen LogP contribution >= 0.6 is 21.6 Å². The molecule has 0 radical (unpaired) electrons. The van der Waals surface area contributed by atoms with Gasteiger partial charge in [-0.25, -0.2) is 25.2 Å².